The Kier molecular flexibility index (Phi) is 3.29. The third-order valence-electron chi connectivity index (χ3n) is 2.84. The van der Waals surface area contributed by atoms with Gasteiger partial charge in [-0.05, 0) is 31.5 Å². The van der Waals surface area contributed by atoms with Gasteiger partial charge < -0.3 is 5.32 Å². The highest BCUT2D eigenvalue weighted by molar-refractivity contribution is 6.00. The van der Waals surface area contributed by atoms with Crippen LogP contribution in [0.4, 0.5) is 8.78 Å². The van der Waals surface area contributed by atoms with Gasteiger partial charge in [0, 0.05) is 0 Å². The van der Waals surface area contributed by atoms with Gasteiger partial charge in [-0.1, -0.05) is 12.5 Å². The maximum absolute atomic E-state index is 13.4. The minimum atomic E-state index is -1.04. The maximum atomic E-state index is 13.4. The Labute approximate surface area is 92.7 Å². The SMILES string of the molecule is O=C(c1cccc(F)c1F)C1CCCCN1. The topological polar surface area (TPSA) is 29.1 Å². The highest BCUT2D eigenvalue weighted by atomic mass is 19.2. The normalized spacial score (nSPS) is 20.8. The molecule has 2 rings (SSSR count). The molecule has 86 valence electrons. The van der Waals surface area contributed by atoms with Crippen LogP contribution in [0.1, 0.15) is 29.6 Å². The average Bonchev–Trinajstić information content (AvgIpc) is 2.33. The zero-order valence-electron chi connectivity index (χ0n) is 8.80. The van der Waals surface area contributed by atoms with Crippen molar-refractivity contribution < 1.29 is 13.6 Å². The Morgan fingerprint density at radius 1 is 1.31 bits per heavy atom. The van der Waals surface area contributed by atoms with Crippen molar-refractivity contribution in [1.82, 2.24) is 5.32 Å². The molecule has 1 aliphatic rings. The number of piperidine rings is 1. The van der Waals surface area contributed by atoms with Crippen LogP contribution in [-0.2, 0) is 0 Å². The first-order chi connectivity index (χ1) is 7.70. The molecule has 0 saturated carbocycles. The molecule has 1 aliphatic heterocycles. The van der Waals surface area contributed by atoms with Gasteiger partial charge >= 0.3 is 0 Å². The molecule has 1 aromatic rings. The summed E-state index contributed by atoms with van der Waals surface area (Å²) in [5, 5.41) is 3.03. The lowest BCUT2D eigenvalue weighted by Crippen LogP contribution is -2.40. The zero-order chi connectivity index (χ0) is 11.5. The number of carbonyl (C=O) groups is 1. The van der Waals surface area contributed by atoms with E-state index in [1.54, 1.807) is 0 Å². The van der Waals surface area contributed by atoms with Gasteiger partial charge in [-0.25, -0.2) is 8.78 Å². The number of hydrogen-bond donors (Lipinski definition) is 1. The van der Waals surface area contributed by atoms with Crippen LogP contribution in [0.5, 0.6) is 0 Å². The highest BCUT2D eigenvalue weighted by Gasteiger charge is 2.25. The van der Waals surface area contributed by atoms with Crippen molar-refractivity contribution in [3.8, 4) is 0 Å². The molecule has 0 aromatic heterocycles. The van der Waals surface area contributed by atoms with Gasteiger partial charge in [0.1, 0.15) is 0 Å². The Morgan fingerprint density at radius 3 is 2.81 bits per heavy atom. The van der Waals surface area contributed by atoms with Crippen LogP contribution in [0, 0.1) is 11.6 Å². The van der Waals surface area contributed by atoms with E-state index in [9.17, 15) is 13.6 Å². The van der Waals surface area contributed by atoms with Crippen LogP contribution in [-0.4, -0.2) is 18.4 Å². The number of ketones is 1. The van der Waals surface area contributed by atoms with Gasteiger partial charge in [-0.15, -0.1) is 0 Å². The molecule has 0 amide bonds. The van der Waals surface area contributed by atoms with Crippen molar-refractivity contribution in [3.05, 3.63) is 35.4 Å². The van der Waals surface area contributed by atoms with Crippen molar-refractivity contribution in [2.45, 2.75) is 25.3 Å². The molecule has 1 saturated heterocycles. The van der Waals surface area contributed by atoms with Gasteiger partial charge in [0.25, 0.3) is 0 Å². The molecule has 0 radical (unpaired) electrons. The van der Waals surface area contributed by atoms with Crippen LogP contribution >= 0.6 is 0 Å². The number of rotatable bonds is 2. The van der Waals surface area contributed by atoms with Crippen molar-refractivity contribution in [2.24, 2.45) is 0 Å². The van der Waals surface area contributed by atoms with Crippen molar-refractivity contribution in [1.29, 1.82) is 0 Å². The maximum Gasteiger partial charge on any atom is 0.182 e. The summed E-state index contributed by atoms with van der Waals surface area (Å²) < 4.78 is 26.3. The molecule has 1 fully saturated rings. The second kappa shape index (κ2) is 4.70. The molecule has 1 N–H and O–H groups in total. The summed E-state index contributed by atoms with van der Waals surface area (Å²) >= 11 is 0. The molecule has 1 atom stereocenters. The molecule has 1 heterocycles. The third kappa shape index (κ3) is 2.11. The molecule has 4 heteroatoms. The Morgan fingerprint density at radius 2 is 2.12 bits per heavy atom. The van der Waals surface area contributed by atoms with E-state index in [1.165, 1.54) is 12.1 Å². The number of carbonyl (C=O) groups excluding carboxylic acids is 1. The van der Waals surface area contributed by atoms with Crippen LogP contribution in [0.25, 0.3) is 0 Å². The van der Waals surface area contributed by atoms with E-state index >= 15 is 0 Å². The van der Waals surface area contributed by atoms with Crippen LogP contribution < -0.4 is 5.32 Å². The predicted molar refractivity (Wildman–Crippen MR) is 56.3 cm³/mol. The fourth-order valence-electron chi connectivity index (χ4n) is 1.96. The van der Waals surface area contributed by atoms with E-state index < -0.39 is 11.6 Å². The molecule has 0 aliphatic carbocycles. The number of benzene rings is 1. The summed E-state index contributed by atoms with van der Waals surface area (Å²) in [5.41, 5.74) is -0.153. The first kappa shape index (κ1) is 11.2. The summed E-state index contributed by atoms with van der Waals surface area (Å²) in [5.74, 6) is -2.36. The Hall–Kier alpha value is -1.29. The Balaban J connectivity index is 2.22. The summed E-state index contributed by atoms with van der Waals surface area (Å²) in [6, 6.07) is 3.33. The number of hydrogen-bond acceptors (Lipinski definition) is 2. The largest absolute Gasteiger partial charge is 0.307 e. The van der Waals surface area contributed by atoms with E-state index in [0.717, 1.165) is 25.5 Å². The number of Topliss-reactive ketones (excluding diaryl/α,β-unsaturated/α-hetero) is 1. The minimum absolute atomic E-state index is 0.153. The zero-order valence-corrected chi connectivity index (χ0v) is 8.80. The van der Waals surface area contributed by atoms with E-state index in [0.29, 0.717) is 6.42 Å². The van der Waals surface area contributed by atoms with Gasteiger partial charge in [-0.3, -0.25) is 4.79 Å². The fraction of sp³-hybridized carbons (Fsp3) is 0.417. The monoisotopic (exact) mass is 225 g/mol. The lowest BCUT2D eigenvalue weighted by molar-refractivity contribution is 0.0922. The molecule has 1 unspecified atom stereocenters. The number of halogens is 2. The van der Waals surface area contributed by atoms with Gasteiger partial charge in [-0.2, -0.15) is 0 Å². The fourth-order valence-corrected chi connectivity index (χ4v) is 1.96. The minimum Gasteiger partial charge on any atom is -0.307 e. The van der Waals surface area contributed by atoms with E-state index in [1.807, 2.05) is 0 Å². The average molecular weight is 225 g/mol. The second-order valence-corrected chi connectivity index (χ2v) is 3.97. The smallest absolute Gasteiger partial charge is 0.182 e. The summed E-state index contributed by atoms with van der Waals surface area (Å²) in [6.07, 6.45) is 2.66. The van der Waals surface area contributed by atoms with Crippen LogP contribution in [0.2, 0.25) is 0 Å². The molecule has 1 aromatic carbocycles. The molecule has 16 heavy (non-hydrogen) atoms. The molecular weight excluding hydrogens is 212 g/mol. The lowest BCUT2D eigenvalue weighted by Gasteiger charge is -2.22. The highest BCUT2D eigenvalue weighted by Crippen LogP contribution is 2.17. The summed E-state index contributed by atoms with van der Waals surface area (Å²) in [4.78, 5) is 11.9. The first-order valence-corrected chi connectivity index (χ1v) is 5.42. The van der Waals surface area contributed by atoms with Gasteiger partial charge in [0.2, 0.25) is 0 Å². The molecule has 0 bridgehead atoms. The Bertz CT molecular complexity index is 400. The second-order valence-electron chi connectivity index (χ2n) is 3.97. The van der Waals surface area contributed by atoms with Crippen molar-refractivity contribution in [3.63, 3.8) is 0 Å². The van der Waals surface area contributed by atoms with E-state index in [2.05, 4.69) is 5.32 Å². The predicted octanol–water partition coefficient (Wildman–Crippen LogP) is 2.29. The number of nitrogens with one attached hydrogen (secondary N) is 1. The van der Waals surface area contributed by atoms with E-state index in [4.69, 9.17) is 0 Å². The first-order valence-electron chi connectivity index (χ1n) is 5.42. The summed E-state index contributed by atoms with van der Waals surface area (Å²) in [6.45, 7) is 0.757. The summed E-state index contributed by atoms with van der Waals surface area (Å²) in [7, 11) is 0. The third-order valence-corrected chi connectivity index (χ3v) is 2.84. The van der Waals surface area contributed by atoms with Crippen molar-refractivity contribution in [2.75, 3.05) is 6.54 Å². The quantitative estimate of drug-likeness (QED) is 0.782. The lowest BCUT2D eigenvalue weighted by atomic mass is 9.96. The molecule has 2 nitrogen and oxygen atoms in total. The van der Waals surface area contributed by atoms with Crippen LogP contribution in [0.15, 0.2) is 18.2 Å². The van der Waals surface area contributed by atoms with Crippen LogP contribution in [0.3, 0.4) is 0 Å². The van der Waals surface area contributed by atoms with Gasteiger partial charge in [0.05, 0.1) is 11.6 Å². The molecule has 0 spiro atoms. The molecular formula is C12H13F2NO. The van der Waals surface area contributed by atoms with E-state index in [-0.39, 0.29) is 17.4 Å². The van der Waals surface area contributed by atoms with Gasteiger partial charge in [0.15, 0.2) is 17.4 Å². The standard InChI is InChI=1S/C12H13F2NO/c13-9-5-3-4-8(11(9)14)12(16)10-6-1-2-7-15-10/h3-5,10,15H,1-2,6-7H2. The van der Waals surface area contributed by atoms with Crippen molar-refractivity contribution >= 4 is 5.78 Å².